The Morgan fingerprint density at radius 3 is 2.43 bits per heavy atom. The zero-order valence-electron chi connectivity index (χ0n) is 15.1. The van der Waals surface area contributed by atoms with Gasteiger partial charge in [0, 0.05) is 12.2 Å². The highest BCUT2D eigenvalue weighted by Gasteiger charge is 2.34. The summed E-state index contributed by atoms with van der Waals surface area (Å²) < 4.78 is 45.4. The number of halogens is 3. The molecule has 148 valence electrons. The van der Waals surface area contributed by atoms with Crippen molar-refractivity contribution in [2.45, 2.75) is 32.2 Å². The fraction of sp³-hybridized carbons (Fsp3) is 0.286. The van der Waals surface area contributed by atoms with E-state index in [0.29, 0.717) is 36.6 Å². The molecule has 0 amide bonds. The molecular weight excluding hydrogens is 387 g/mol. The molecule has 28 heavy (non-hydrogen) atoms. The number of hydrogen-bond acceptors (Lipinski definition) is 4. The fourth-order valence-corrected chi connectivity index (χ4v) is 3.85. The molecule has 3 nitrogen and oxygen atoms in total. The van der Waals surface area contributed by atoms with Gasteiger partial charge in [0.2, 0.25) is 0 Å². The first-order chi connectivity index (χ1) is 13.5. The van der Waals surface area contributed by atoms with Gasteiger partial charge >= 0.3 is 6.18 Å². The number of alkyl halides is 3. The van der Waals surface area contributed by atoms with Gasteiger partial charge in [0.05, 0.1) is 29.3 Å². The molecule has 0 spiro atoms. The maximum absolute atomic E-state index is 13.3. The summed E-state index contributed by atoms with van der Waals surface area (Å²) in [5, 5.41) is 9.85. The zero-order valence-corrected chi connectivity index (χ0v) is 15.9. The van der Waals surface area contributed by atoms with E-state index in [2.05, 4.69) is 4.98 Å². The fourth-order valence-electron chi connectivity index (χ4n) is 2.84. The summed E-state index contributed by atoms with van der Waals surface area (Å²) in [6, 6.07) is 15.2. The van der Waals surface area contributed by atoms with Crippen LogP contribution in [0.3, 0.4) is 0 Å². The van der Waals surface area contributed by atoms with E-state index in [1.165, 1.54) is 12.1 Å². The van der Waals surface area contributed by atoms with Crippen LogP contribution >= 0.6 is 11.3 Å². The maximum atomic E-state index is 13.3. The number of rotatable bonds is 8. The van der Waals surface area contributed by atoms with Crippen molar-refractivity contribution >= 4 is 11.3 Å². The molecule has 0 atom stereocenters. The van der Waals surface area contributed by atoms with Crippen LogP contribution in [0, 0.1) is 0 Å². The molecule has 0 aliphatic carbocycles. The van der Waals surface area contributed by atoms with E-state index >= 15 is 0 Å². The van der Waals surface area contributed by atoms with Gasteiger partial charge in [-0.2, -0.15) is 13.2 Å². The number of thiazole rings is 1. The Kier molecular flexibility index (Phi) is 6.83. The minimum absolute atomic E-state index is 0.0428. The SMILES string of the molecule is OCc1sc(-c2ccccc2C(F)(F)F)nc1CCCOCc1ccccc1. The lowest BCUT2D eigenvalue weighted by Gasteiger charge is -2.10. The Morgan fingerprint density at radius 2 is 1.71 bits per heavy atom. The Morgan fingerprint density at radius 1 is 1.00 bits per heavy atom. The molecule has 7 heteroatoms. The molecule has 0 saturated carbocycles. The number of benzene rings is 2. The van der Waals surface area contributed by atoms with Gasteiger partial charge in [-0.3, -0.25) is 0 Å². The Bertz CT molecular complexity index is 894. The zero-order chi connectivity index (χ0) is 20.0. The van der Waals surface area contributed by atoms with Crippen LogP contribution in [0.4, 0.5) is 13.2 Å². The van der Waals surface area contributed by atoms with E-state index in [0.717, 1.165) is 23.0 Å². The second kappa shape index (κ2) is 9.32. The molecule has 0 radical (unpaired) electrons. The minimum Gasteiger partial charge on any atom is -0.391 e. The van der Waals surface area contributed by atoms with Crippen molar-refractivity contribution < 1.29 is 23.0 Å². The second-order valence-corrected chi connectivity index (χ2v) is 7.32. The Balaban J connectivity index is 1.65. The standard InChI is InChI=1S/C21H20F3NO2S/c22-21(23,24)17-10-5-4-9-16(17)20-25-18(19(13-26)28-20)11-6-12-27-14-15-7-2-1-3-8-15/h1-5,7-10,26H,6,11-14H2. The van der Waals surface area contributed by atoms with Crippen molar-refractivity contribution in [2.75, 3.05) is 6.61 Å². The molecule has 0 aliphatic rings. The molecule has 0 fully saturated rings. The number of ether oxygens (including phenoxy) is 1. The summed E-state index contributed by atoms with van der Waals surface area (Å²) in [6.07, 6.45) is -3.24. The Hall–Kier alpha value is -2.22. The molecule has 1 aromatic heterocycles. The van der Waals surface area contributed by atoms with Crippen LogP contribution in [0.15, 0.2) is 54.6 Å². The van der Waals surface area contributed by atoms with Crippen molar-refractivity contribution in [2.24, 2.45) is 0 Å². The highest BCUT2D eigenvalue weighted by atomic mass is 32.1. The van der Waals surface area contributed by atoms with Crippen LogP contribution < -0.4 is 0 Å². The molecule has 0 saturated heterocycles. The molecule has 3 aromatic rings. The third-order valence-electron chi connectivity index (χ3n) is 4.20. The molecule has 2 aromatic carbocycles. The van der Waals surface area contributed by atoms with Crippen molar-refractivity contribution in [1.82, 2.24) is 4.98 Å². The average molecular weight is 407 g/mol. The van der Waals surface area contributed by atoms with Crippen LogP contribution in [0.25, 0.3) is 10.6 Å². The van der Waals surface area contributed by atoms with Crippen molar-refractivity contribution in [3.8, 4) is 10.6 Å². The summed E-state index contributed by atoms with van der Waals surface area (Å²) in [5.41, 5.74) is 1.04. The molecule has 0 unspecified atom stereocenters. The van der Waals surface area contributed by atoms with E-state index in [4.69, 9.17) is 4.74 Å². The predicted molar refractivity (Wildman–Crippen MR) is 103 cm³/mol. The normalized spacial score (nSPS) is 11.7. The lowest BCUT2D eigenvalue weighted by molar-refractivity contribution is -0.137. The van der Waals surface area contributed by atoms with Gasteiger partial charge in [-0.1, -0.05) is 48.5 Å². The van der Waals surface area contributed by atoms with Crippen LogP contribution in [0.2, 0.25) is 0 Å². The van der Waals surface area contributed by atoms with Crippen LogP contribution in [-0.4, -0.2) is 16.7 Å². The highest BCUT2D eigenvalue weighted by Crippen LogP contribution is 2.39. The molecule has 0 bridgehead atoms. The van der Waals surface area contributed by atoms with Gasteiger partial charge in [0.25, 0.3) is 0 Å². The highest BCUT2D eigenvalue weighted by molar-refractivity contribution is 7.15. The Labute approximate surface area is 165 Å². The van der Waals surface area contributed by atoms with Gasteiger partial charge in [0.15, 0.2) is 0 Å². The number of aliphatic hydroxyl groups is 1. The van der Waals surface area contributed by atoms with Crippen molar-refractivity contribution in [3.63, 3.8) is 0 Å². The number of aryl methyl sites for hydroxylation is 1. The summed E-state index contributed by atoms with van der Waals surface area (Å²) >= 11 is 1.10. The van der Waals surface area contributed by atoms with Gasteiger partial charge < -0.3 is 9.84 Å². The van der Waals surface area contributed by atoms with Crippen LogP contribution in [0.5, 0.6) is 0 Å². The van der Waals surface area contributed by atoms with Gasteiger partial charge in [-0.25, -0.2) is 4.98 Å². The van der Waals surface area contributed by atoms with E-state index in [1.54, 1.807) is 6.07 Å². The first-order valence-electron chi connectivity index (χ1n) is 8.86. The lowest BCUT2D eigenvalue weighted by atomic mass is 10.1. The topological polar surface area (TPSA) is 42.4 Å². The van der Waals surface area contributed by atoms with Crippen LogP contribution in [-0.2, 0) is 30.5 Å². The minimum atomic E-state index is -4.45. The van der Waals surface area contributed by atoms with Crippen molar-refractivity contribution in [3.05, 3.63) is 76.3 Å². The third-order valence-corrected chi connectivity index (χ3v) is 5.31. The van der Waals surface area contributed by atoms with Crippen LogP contribution in [0.1, 0.15) is 28.1 Å². The molecule has 0 aliphatic heterocycles. The smallest absolute Gasteiger partial charge is 0.391 e. The van der Waals surface area contributed by atoms with Crippen molar-refractivity contribution in [1.29, 1.82) is 0 Å². The van der Waals surface area contributed by atoms with E-state index in [1.807, 2.05) is 30.3 Å². The van der Waals surface area contributed by atoms with E-state index < -0.39 is 11.7 Å². The molecule has 1 N–H and O–H groups in total. The first kappa shape index (κ1) is 20.5. The predicted octanol–water partition coefficient (Wildman–Crippen LogP) is 5.47. The second-order valence-electron chi connectivity index (χ2n) is 6.23. The average Bonchev–Trinajstić information content (AvgIpc) is 3.11. The lowest BCUT2D eigenvalue weighted by Crippen LogP contribution is -2.06. The van der Waals surface area contributed by atoms with E-state index in [-0.39, 0.29) is 17.2 Å². The number of aliphatic hydroxyl groups excluding tert-OH is 1. The van der Waals surface area contributed by atoms with Gasteiger partial charge in [-0.15, -0.1) is 11.3 Å². The first-order valence-corrected chi connectivity index (χ1v) is 9.68. The summed E-state index contributed by atoms with van der Waals surface area (Å²) in [7, 11) is 0. The van der Waals surface area contributed by atoms with Gasteiger partial charge in [0.1, 0.15) is 5.01 Å². The number of aromatic nitrogens is 1. The number of nitrogens with zero attached hydrogens (tertiary/aromatic N) is 1. The monoisotopic (exact) mass is 407 g/mol. The summed E-state index contributed by atoms with van der Waals surface area (Å²) in [4.78, 5) is 4.98. The quantitative estimate of drug-likeness (QED) is 0.504. The number of hydrogen-bond donors (Lipinski definition) is 1. The maximum Gasteiger partial charge on any atom is 0.417 e. The van der Waals surface area contributed by atoms with Gasteiger partial charge in [-0.05, 0) is 24.5 Å². The summed E-state index contributed by atoms with van der Waals surface area (Å²) in [6.45, 7) is 0.771. The largest absolute Gasteiger partial charge is 0.417 e. The molecule has 3 rings (SSSR count). The third kappa shape index (κ3) is 5.19. The summed E-state index contributed by atoms with van der Waals surface area (Å²) in [5.74, 6) is 0. The molecule has 1 heterocycles. The van der Waals surface area contributed by atoms with E-state index in [9.17, 15) is 18.3 Å². The molecular formula is C21H20F3NO2S.